The van der Waals surface area contributed by atoms with Gasteiger partial charge >= 0.3 is 11.9 Å². The first-order chi connectivity index (χ1) is 25.6. The highest BCUT2D eigenvalue weighted by Crippen LogP contribution is 2.16. The molecule has 1 unspecified atom stereocenters. The van der Waals surface area contributed by atoms with E-state index in [4.69, 9.17) is 14.2 Å². The van der Waals surface area contributed by atoms with Crippen molar-refractivity contribution >= 4 is 11.9 Å². The first kappa shape index (κ1) is 50.6. The van der Waals surface area contributed by atoms with E-state index in [9.17, 15) is 9.59 Å². The van der Waals surface area contributed by atoms with Crippen molar-refractivity contribution in [2.24, 2.45) is 0 Å². The molecule has 308 valence electrons. The Labute approximate surface area is 325 Å². The van der Waals surface area contributed by atoms with E-state index in [0.29, 0.717) is 26.1 Å². The first-order valence-corrected chi connectivity index (χ1v) is 23.2. The summed E-state index contributed by atoms with van der Waals surface area (Å²) in [4.78, 5) is 25.1. The molecule has 0 heterocycles. The normalized spacial score (nSPS) is 12.1. The monoisotopic (exact) mass is 735 g/mol. The van der Waals surface area contributed by atoms with Crippen molar-refractivity contribution in [1.82, 2.24) is 0 Å². The van der Waals surface area contributed by atoms with Crippen LogP contribution in [0.5, 0.6) is 0 Å². The zero-order chi connectivity index (χ0) is 37.8. The quantitative estimate of drug-likeness (QED) is 0.0355. The van der Waals surface area contributed by atoms with Gasteiger partial charge in [-0.25, -0.2) is 0 Å². The van der Waals surface area contributed by atoms with Crippen LogP contribution in [0.25, 0.3) is 0 Å². The first-order valence-electron chi connectivity index (χ1n) is 23.2. The van der Waals surface area contributed by atoms with Crippen molar-refractivity contribution in [1.29, 1.82) is 0 Å². The summed E-state index contributed by atoms with van der Waals surface area (Å²) in [6.45, 7) is 7.78. The molecular weight excluding hydrogens is 645 g/mol. The van der Waals surface area contributed by atoms with Gasteiger partial charge in [0.2, 0.25) is 0 Å². The van der Waals surface area contributed by atoms with Gasteiger partial charge in [0.25, 0.3) is 0 Å². The van der Waals surface area contributed by atoms with Crippen LogP contribution in [0.2, 0.25) is 0 Å². The van der Waals surface area contributed by atoms with Crippen LogP contribution in [0.15, 0.2) is 12.2 Å². The molecule has 5 nitrogen and oxygen atoms in total. The molecule has 0 N–H and O–H groups in total. The average molecular weight is 735 g/mol. The summed E-state index contributed by atoms with van der Waals surface area (Å²) in [5.74, 6) is -0.397. The van der Waals surface area contributed by atoms with E-state index in [-0.39, 0.29) is 18.5 Å². The number of esters is 2. The minimum absolute atomic E-state index is 0.0893. The maximum atomic E-state index is 12.6. The third-order valence-corrected chi connectivity index (χ3v) is 10.3. The van der Waals surface area contributed by atoms with Crippen LogP contribution in [0.3, 0.4) is 0 Å². The Morgan fingerprint density at radius 3 is 1.23 bits per heavy atom. The van der Waals surface area contributed by atoms with Gasteiger partial charge in [-0.1, -0.05) is 213 Å². The summed E-state index contributed by atoms with van der Waals surface area (Å²) in [7, 11) is 0. The molecule has 0 amide bonds. The fraction of sp³-hybridized carbons (Fsp3) is 0.915. The van der Waals surface area contributed by atoms with Crippen molar-refractivity contribution in [2.75, 3.05) is 19.8 Å². The SMILES string of the molecule is CCCC/C=C\CCCCCCCC(=O)OC(COCCCCCCCC)COC(=O)CCCCCCCCCCCCCCCCCCCCC. The number of carbonyl (C=O) groups excluding carboxylic acids is 2. The lowest BCUT2D eigenvalue weighted by Crippen LogP contribution is -2.30. The van der Waals surface area contributed by atoms with Gasteiger partial charge in [0, 0.05) is 19.4 Å². The standard InChI is InChI=1S/C47H90O5/c1-4-7-10-13-16-18-20-21-22-23-24-25-26-27-29-30-32-34-37-40-46(48)51-44-45(43-50-42-39-36-15-12-9-6-3)52-47(49)41-38-35-33-31-28-19-17-14-11-8-5-2/h14,17,45H,4-13,15-16,18-44H2,1-3H3/b17-14-. The van der Waals surface area contributed by atoms with Gasteiger partial charge < -0.3 is 14.2 Å². The number of rotatable bonds is 43. The maximum Gasteiger partial charge on any atom is 0.306 e. The van der Waals surface area contributed by atoms with E-state index in [1.807, 2.05) is 0 Å². The van der Waals surface area contributed by atoms with Crippen molar-refractivity contribution in [2.45, 2.75) is 258 Å². The van der Waals surface area contributed by atoms with Crippen LogP contribution < -0.4 is 0 Å². The van der Waals surface area contributed by atoms with Gasteiger partial charge in [0.1, 0.15) is 6.61 Å². The molecule has 0 aliphatic heterocycles. The Morgan fingerprint density at radius 1 is 0.404 bits per heavy atom. The maximum absolute atomic E-state index is 12.6. The van der Waals surface area contributed by atoms with E-state index in [2.05, 4.69) is 32.9 Å². The minimum Gasteiger partial charge on any atom is -0.462 e. The summed E-state index contributed by atoms with van der Waals surface area (Å²) in [5.41, 5.74) is 0. The predicted molar refractivity (Wildman–Crippen MR) is 224 cm³/mol. The molecule has 52 heavy (non-hydrogen) atoms. The molecule has 1 atom stereocenters. The van der Waals surface area contributed by atoms with Crippen LogP contribution >= 0.6 is 0 Å². The summed E-state index contributed by atoms with van der Waals surface area (Å²) in [6.07, 6.45) is 48.0. The van der Waals surface area contributed by atoms with E-state index in [1.165, 1.54) is 167 Å². The van der Waals surface area contributed by atoms with E-state index in [1.54, 1.807) is 0 Å². The van der Waals surface area contributed by atoms with Crippen LogP contribution in [0, 0.1) is 0 Å². The molecule has 0 fully saturated rings. The van der Waals surface area contributed by atoms with Crippen LogP contribution in [0.1, 0.15) is 252 Å². The van der Waals surface area contributed by atoms with Crippen molar-refractivity contribution in [3.63, 3.8) is 0 Å². The third-order valence-electron chi connectivity index (χ3n) is 10.3. The van der Waals surface area contributed by atoms with Gasteiger partial charge in [-0.3, -0.25) is 9.59 Å². The highest BCUT2D eigenvalue weighted by atomic mass is 16.6. The smallest absolute Gasteiger partial charge is 0.306 e. The Morgan fingerprint density at radius 2 is 0.769 bits per heavy atom. The summed E-state index contributed by atoms with van der Waals surface area (Å²) >= 11 is 0. The number of allylic oxidation sites excluding steroid dienone is 2. The molecule has 0 aromatic carbocycles. The molecule has 0 saturated heterocycles. The summed E-state index contributed by atoms with van der Waals surface area (Å²) in [6, 6.07) is 0. The molecule has 0 rings (SSSR count). The number of ether oxygens (including phenoxy) is 3. The molecule has 0 aliphatic carbocycles. The third kappa shape index (κ3) is 41.4. The molecule has 0 saturated carbocycles. The molecule has 0 aliphatic rings. The molecule has 5 heteroatoms. The average Bonchev–Trinajstić information content (AvgIpc) is 3.14. The van der Waals surface area contributed by atoms with Gasteiger partial charge in [-0.15, -0.1) is 0 Å². The van der Waals surface area contributed by atoms with E-state index < -0.39 is 6.10 Å². The molecule has 0 aromatic heterocycles. The lowest BCUT2D eigenvalue weighted by atomic mass is 10.0. The van der Waals surface area contributed by atoms with Crippen molar-refractivity contribution in [3.05, 3.63) is 12.2 Å². The van der Waals surface area contributed by atoms with Crippen LogP contribution in [-0.2, 0) is 23.8 Å². The lowest BCUT2D eigenvalue weighted by Gasteiger charge is -2.18. The fourth-order valence-electron chi connectivity index (χ4n) is 6.79. The minimum atomic E-state index is -0.527. The van der Waals surface area contributed by atoms with Crippen LogP contribution in [-0.4, -0.2) is 37.9 Å². The Bertz CT molecular complexity index is 750. The Balaban J connectivity index is 4.00. The Hall–Kier alpha value is -1.36. The molecule has 0 spiro atoms. The zero-order valence-electron chi connectivity index (χ0n) is 35.4. The van der Waals surface area contributed by atoms with Gasteiger partial charge in [0.15, 0.2) is 6.10 Å². The second-order valence-corrected chi connectivity index (χ2v) is 15.7. The van der Waals surface area contributed by atoms with Crippen molar-refractivity contribution in [3.8, 4) is 0 Å². The number of hydrogen-bond donors (Lipinski definition) is 0. The molecule has 0 radical (unpaired) electrons. The van der Waals surface area contributed by atoms with Crippen LogP contribution in [0.4, 0.5) is 0 Å². The van der Waals surface area contributed by atoms with Gasteiger partial charge in [0.05, 0.1) is 6.61 Å². The number of hydrogen-bond acceptors (Lipinski definition) is 5. The highest BCUT2D eigenvalue weighted by molar-refractivity contribution is 5.70. The predicted octanol–water partition coefficient (Wildman–Crippen LogP) is 15.1. The molecule has 0 bridgehead atoms. The topological polar surface area (TPSA) is 61.8 Å². The molecular formula is C47H90O5. The summed E-state index contributed by atoms with van der Waals surface area (Å²) in [5, 5.41) is 0. The highest BCUT2D eigenvalue weighted by Gasteiger charge is 2.17. The fourth-order valence-corrected chi connectivity index (χ4v) is 6.79. The number of carbonyl (C=O) groups is 2. The summed E-state index contributed by atoms with van der Waals surface area (Å²) < 4.78 is 17.2. The number of unbranched alkanes of at least 4 members (excludes halogenated alkanes) is 30. The largest absolute Gasteiger partial charge is 0.462 e. The second kappa shape index (κ2) is 44.0. The lowest BCUT2D eigenvalue weighted by molar-refractivity contribution is -0.163. The molecule has 0 aromatic rings. The van der Waals surface area contributed by atoms with Crippen molar-refractivity contribution < 1.29 is 23.8 Å². The Kier molecular flexibility index (Phi) is 42.9. The van der Waals surface area contributed by atoms with Gasteiger partial charge in [-0.2, -0.15) is 0 Å². The van der Waals surface area contributed by atoms with E-state index in [0.717, 1.165) is 51.4 Å². The second-order valence-electron chi connectivity index (χ2n) is 15.7. The zero-order valence-corrected chi connectivity index (χ0v) is 35.4. The van der Waals surface area contributed by atoms with E-state index >= 15 is 0 Å². The van der Waals surface area contributed by atoms with Gasteiger partial charge in [-0.05, 0) is 38.5 Å².